The molecule has 1 aliphatic heterocycles. The zero-order chi connectivity index (χ0) is 19.6. The van der Waals surface area contributed by atoms with E-state index >= 15 is 0 Å². The SMILES string of the molecule is C=CC(=O)N1CCC(n2ccc(C(=O)c3ccc(C(C)(F)F)cc3)n2)CC1. The lowest BCUT2D eigenvalue weighted by molar-refractivity contribution is -0.127. The molecule has 1 fully saturated rings. The quantitative estimate of drug-likeness (QED) is 0.595. The van der Waals surface area contributed by atoms with E-state index in [0.29, 0.717) is 18.7 Å². The van der Waals surface area contributed by atoms with Crippen molar-refractivity contribution in [2.24, 2.45) is 0 Å². The Balaban J connectivity index is 1.68. The van der Waals surface area contributed by atoms with Gasteiger partial charge in [-0.25, -0.2) is 8.78 Å². The highest BCUT2D eigenvalue weighted by atomic mass is 19.3. The molecule has 3 rings (SSSR count). The molecule has 5 nitrogen and oxygen atoms in total. The number of carbonyl (C=O) groups excluding carboxylic acids is 2. The van der Waals surface area contributed by atoms with E-state index in [-0.39, 0.29) is 29.0 Å². The summed E-state index contributed by atoms with van der Waals surface area (Å²) in [5.41, 5.74) is 0.459. The standard InChI is InChI=1S/C20H21F2N3O2/c1-3-18(26)24-11-8-16(9-12-24)25-13-10-17(23-25)19(27)14-4-6-15(7-5-14)20(2,21)22/h3-7,10,13,16H,1,8-9,11-12H2,2H3. The molecule has 0 saturated carbocycles. The number of ketones is 1. The van der Waals surface area contributed by atoms with Gasteiger partial charge in [-0.3, -0.25) is 14.3 Å². The van der Waals surface area contributed by atoms with Gasteiger partial charge >= 0.3 is 0 Å². The van der Waals surface area contributed by atoms with Crippen LogP contribution in [0.1, 0.15) is 47.4 Å². The predicted molar refractivity (Wildman–Crippen MR) is 96.7 cm³/mol. The van der Waals surface area contributed by atoms with E-state index in [2.05, 4.69) is 11.7 Å². The molecular weight excluding hydrogens is 352 g/mol. The van der Waals surface area contributed by atoms with Crippen LogP contribution in [0.3, 0.4) is 0 Å². The number of alkyl halides is 2. The number of amides is 1. The van der Waals surface area contributed by atoms with Gasteiger partial charge in [0.1, 0.15) is 5.69 Å². The highest BCUT2D eigenvalue weighted by Gasteiger charge is 2.26. The number of rotatable bonds is 5. The Morgan fingerprint density at radius 3 is 2.37 bits per heavy atom. The molecule has 2 heterocycles. The minimum absolute atomic E-state index is 0.0779. The van der Waals surface area contributed by atoms with Crippen LogP contribution in [0.4, 0.5) is 8.78 Å². The monoisotopic (exact) mass is 373 g/mol. The number of aromatic nitrogens is 2. The van der Waals surface area contributed by atoms with Crippen molar-refractivity contribution >= 4 is 11.7 Å². The number of benzene rings is 1. The van der Waals surface area contributed by atoms with E-state index in [0.717, 1.165) is 19.8 Å². The van der Waals surface area contributed by atoms with Gasteiger partial charge in [0.15, 0.2) is 0 Å². The molecule has 142 valence electrons. The Kier molecular flexibility index (Phi) is 5.21. The maximum absolute atomic E-state index is 13.3. The lowest BCUT2D eigenvalue weighted by Crippen LogP contribution is -2.38. The number of likely N-dealkylation sites (tertiary alicyclic amines) is 1. The van der Waals surface area contributed by atoms with Gasteiger partial charge in [0.05, 0.1) is 6.04 Å². The zero-order valence-electron chi connectivity index (χ0n) is 15.1. The molecule has 0 unspecified atom stereocenters. The first kappa shape index (κ1) is 18.9. The van der Waals surface area contributed by atoms with Crippen molar-refractivity contribution in [1.82, 2.24) is 14.7 Å². The summed E-state index contributed by atoms with van der Waals surface area (Å²) in [6.45, 7) is 5.55. The summed E-state index contributed by atoms with van der Waals surface area (Å²) in [4.78, 5) is 25.9. The van der Waals surface area contributed by atoms with Crippen molar-refractivity contribution < 1.29 is 18.4 Å². The first-order chi connectivity index (χ1) is 12.8. The average Bonchev–Trinajstić information content (AvgIpc) is 3.16. The van der Waals surface area contributed by atoms with Crippen molar-refractivity contribution in [3.8, 4) is 0 Å². The molecule has 0 radical (unpaired) electrons. The molecule has 0 bridgehead atoms. The Bertz CT molecular complexity index is 845. The van der Waals surface area contributed by atoms with E-state index in [4.69, 9.17) is 0 Å². The molecule has 1 saturated heterocycles. The Labute approximate surface area is 156 Å². The molecule has 2 aromatic rings. The third-order valence-corrected chi connectivity index (χ3v) is 4.82. The van der Waals surface area contributed by atoms with Gasteiger partial charge in [-0.05, 0) is 25.0 Å². The number of nitrogens with zero attached hydrogens (tertiary/aromatic N) is 3. The predicted octanol–water partition coefficient (Wildman–Crippen LogP) is 3.58. The summed E-state index contributed by atoms with van der Waals surface area (Å²) in [5, 5.41) is 4.37. The smallest absolute Gasteiger partial charge is 0.270 e. The van der Waals surface area contributed by atoms with Crippen molar-refractivity contribution in [3.05, 3.63) is 66.0 Å². The van der Waals surface area contributed by atoms with Crippen LogP contribution in [-0.4, -0.2) is 39.5 Å². The highest BCUT2D eigenvalue weighted by Crippen LogP contribution is 2.27. The first-order valence-electron chi connectivity index (χ1n) is 8.79. The van der Waals surface area contributed by atoms with Crippen LogP contribution in [0.5, 0.6) is 0 Å². The van der Waals surface area contributed by atoms with E-state index in [9.17, 15) is 18.4 Å². The third-order valence-electron chi connectivity index (χ3n) is 4.82. The van der Waals surface area contributed by atoms with E-state index in [1.54, 1.807) is 21.8 Å². The molecule has 1 aliphatic rings. The molecule has 0 atom stereocenters. The summed E-state index contributed by atoms with van der Waals surface area (Å²) in [6, 6.07) is 7.06. The van der Waals surface area contributed by atoms with E-state index in [1.165, 1.54) is 30.3 Å². The molecule has 27 heavy (non-hydrogen) atoms. The van der Waals surface area contributed by atoms with Crippen LogP contribution in [-0.2, 0) is 10.7 Å². The van der Waals surface area contributed by atoms with Gasteiger partial charge < -0.3 is 4.90 Å². The highest BCUT2D eigenvalue weighted by molar-refractivity contribution is 6.07. The van der Waals surface area contributed by atoms with E-state index in [1.807, 2.05) is 0 Å². The molecule has 7 heteroatoms. The number of carbonyl (C=O) groups is 2. The summed E-state index contributed by atoms with van der Waals surface area (Å²) in [5.74, 6) is -3.32. The Morgan fingerprint density at radius 2 is 1.81 bits per heavy atom. The third kappa shape index (κ3) is 4.13. The van der Waals surface area contributed by atoms with Gasteiger partial charge in [-0.2, -0.15) is 5.10 Å². The lowest BCUT2D eigenvalue weighted by atomic mass is 10.0. The summed E-state index contributed by atoms with van der Waals surface area (Å²) in [6.07, 6.45) is 4.55. The van der Waals surface area contributed by atoms with Crippen molar-refractivity contribution in [2.45, 2.75) is 31.7 Å². The van der Waals surface area contributed by atoms with Crippen LogP contribution in [0.2, 0.25) is 0 Å². The topological polar surface area (TPSA) is 55.2 Å². The minimum Gasteiger partial charge on any atom is -0.339 e. The fourth-order valence-electron chi connectivity index (χ4n) is 3.20. The van der Waals surface area contributed by atoms with Crippen molar-refractivity contribution in [3.63, 3.8) is 0 Å². The van der Waals surface area contributed by atoms with Gasteiger partial charge in [0, 0.05) is 37.3 Å². The summed E-state index contributed by atoms with van der Waals surface area (Å²) < 4.78 is 28.3. The van der Waals surface area contributed by atoms with Gasteiger partial charge in [0.25, 0.3) is 5.92 Å². The van der Waals surface area contributed by atoms with Crippen molar-refractivity contribution in [2.75, 3.05) is 13.1 Å². The number of piperidine rings is 1. The number of hydrogen-bond donors (Lipinski definition) is 0. The number of halogens is 2. The maximum Gasteiger partial charge on any atom is 0.270 e. The molecule has 0 aliphatic carbocycles. The molecule has 1 aromatic heterocycles. The molecule has 0 spiro atoms. The average molecular weight is 373 g/mol. The largest absolute Gasteiger partial charge is 0.339 e. The minimum atomic E-state index is -2.94. The fraction of sp³-hybridized carbons (Fsp3) is 0.350. The molecule has 0 N–H and O–H groups in total. The fourth-order valence-corrected chi connectivity index (χ4v) is 3.20. The van der Waals surface area contributed by atoms with Crippen LogP contribution >= 0.6 is 0 Å². The summed E-state index contributed by atoms with van der Waals surface area (Å²) in [7, 11) is 0. The van der Waals surface area contributed by atoms with Crippen LogP contribution < -0.4 is 0 Å². The second-order valence-electron chi connectivity index (χ2n) is 6.74. The molecular formula is C20H21F2N3O2. The van der Waals surface area contributed by atoms with Crippen molar-refractivity contribution in [1.29, 1.82) is 0 Å². The van der Waals surface area contributed by atoms with Crippen LogP contribution in [0.15, 0.2) is 49.2 Å². The Hall–Kier alpha value is -2.83. The van der Waals surface area contributed by atoms with Gasteiger partial charge in [-0.1, -0.05) is 30.8 Å². The van der Waals surface area contributed by atoms with Crippen LogP contribution in [0.25, 0.3) is 0 Å². The maximum atomic E-state index is 13.3. The zero-order valence-corrected chi connectivity index (χ0v) is 15.1. The first-order valence-corrected chi connectivity index (χ1v) is 8.79. The van der Waals surface area contributed by atoms with Gasteiger partial charge in [0.2, 0.25) is 11.7 Å². The molecule has 1 aromatic carbocycles. The molecule has 1 amide bonds. The Morgan fingerprint density at radius 1 is 1.19 bits per heavy atom. The normalized spacial score (nSPS) is 15.6. The van der Waals surface area contributed by atoms with E-state index < -0.39 is 5.92 Å². The van der Waals surface area contributed by atoms with Crippen LogP contribution in [0, 0.1) is 0 Å². The summed E-state index contributed by atoms with van der Waals surface area (Å²) >= 11 is 0. The lowest BCUT2D eigenvalue weighted by Gasteiger charge is -2.31. The number of hydrogen-bond acceptors (Lipinski definition) is 3. The van der Waals surface area contributed by atoms with Gasteiger partial charge in [-0.15, -0.1) is 0 Å². The second kappa shape index (κ2) is 7.42. The second-order valence-corrected chi connectivity index (χ2v) is 6.74.